The molecule has 1 saturated carbocycles. The van der Waals surface area contributed by atoms with Gasteiger partial charge in [0.2, 0.25) is 5.91 Å². The van der Waals surface area contributed by atoms with Gasteiger partial charge in [-0.3, -0.25) is 4.79 Å². The molecule has 0 bridgehead atoms. The normalized spacial score (nSPS) is 18.7. The molecule has 0 aliphatic heterocycles. The molecule has 5 heteroatoms. The molecule has 146 valence electrons. The highest BCUT2D eigenvalue weighted by Gasteiger charge is 2.36. The van der Waals surface area contributed by atoms with Crippen LogP contribution >= 0.6 is 0 Å². The van der Waals surface area contributed by atoms with E-state index in [0.717, 1.165) is 30.8 Å². The molecule has 0 heterocycles. The molecule has 1 amide bonds. The van der Waals surface area contributed by atoms with Gasteiger partial charge in [0.25, 0.3) is 0 Å². The highest BCUT2D eigenvalue weighted by molar-refractivity contribution is 5.85. The lowest BCUT2D eigenvalue weighted by Crippen LogP contribution is -2.54. The fourth-order valence-corrected chi connectivity index (χ4v) is 4.05. The second-order valence-corrected chi connectivity index (χ2v) is 7.76. The number of amides is 1. The molecule has 1 aliphatic rings. The van der Waals surface area contributed by atoms with Crippen molar-refractivity contribution in [2.24, 2.45) is 5.73 Å². The third kappa shape index (κ3) is 4.50. The lowest BCUT2D eigenvalue weighted by Gasteiger charge is -2.39. The molecule has 5 nitrogen and oxygen atoms in total. The minimum absolute atomic E-state index is 0.0650. The topological polar surface area (TPSA) is 73.6 Å². The Labute approximate surface area is 157 Å². The van der Waals surface area contributed by atoms with Crippen molar-refractivity contribution in [2.45, 2.75) is 69.7 Å². The SMILES string of the molecule is CCCC(C)(N)C(=O)NCC1(c2ccc(OC)c(OC)c2)CCCCC1. The second kappa shape index (κ2) is 8.76. The van der Waals surface area contributed by atoms with Crippen molar-refractivity contribution in [3.8, 4) is 11.5 Å². The van der Waals surface area contributed by atoms with Crippen LogP contribution in [0, 0.1) is 0 Å². The Kier molecular flexibility index (Phi) is 6.93. The smallest absolute Gasteiger partial charge is 0.239 e. The number of nitrogens with two attached hydrogens (primary N) is 1. The predicted molar refractivity (Wildman–Crippen MR) is 105 cm³/mol. The monoisotopic (exact) mass is 362 g/mol. The molecular formula is C21H34N2O3. The van der Waals surface area contributed by atoms with Crippen molar-refractivity contribution < 1.29 is 14.3 Å². The second-order valence-electron chi connectivity index (χ2n) is 7.76. The fraction of sp³-hybridized carbons (Fsp3) is 0.667. The molecule has 1 aromatic rings. The van der Waals surface area contributed by atoms with Crippen molar-refractivity contribution in [1.29, 1.82) is 0 Å². The summed E-state index contributed by atoms with van der Waals surface area (Å²) in [5.74, 6) is 1.39. The van der Waals surface area contributed by atoms with E-state index in [1.54, 1.807) is 14.2 Å². The van der Waals surface area contributed by atoms with E-state index < -0.39 is 5.54 Å². The van der Waals surface area contributed by atoms with Crippen LogP contribution in [0.2, 0.25) is 0 Å². The maximum Gasteiger partial charge on any atom is 0.239 e. The van der Waals surface area contributed by atoms with E-state index >= 15 is 0 Å². The number of methoxy groups -OCH3 is 2. The van der Waals surface area contributed by atoms with Crippen molar-refractivity contribution in [3.63, 3.8) is 0 Å². The van der Waals surface area contributed by atoms with Crippen molar-refractivity contribution in [3.05, 3.63) is 23.8 Å². The minimum Gasteiger partial charge on any atom is -0.493 e. The van der Waals surface area contributed by atoms with E-state index in [1.165, 1.54) is 24.8 Å². The van der Waals surface area contributed by atoms with E-state index in [-0.39, 0.29) is 11.3 Å². The molecule has 1 unspecified atom stereocenters. The molecule has 3 N–H and O–H groups in total. The highest BCUT2D eigenvalue weighted by atomic mass is 16.5. The van der Waals surface area contributed by atoms with Gasteiger partial charge in [-0.15, -0.1) is 0 Å². The summed E-state index contributed by atoms with van der Waals surface area (Å²) < 4.78 is 10.9. The summed E-state index contributed by atoms with van der Waals surface area (Å²) in [6.45, 7) is 4.47. The first-order valence-corrected chi connectivity index (χ1v) is 9.68. The molecule has 2 rings (SSSR count). The Morgan fingerprint density at radius 1 is 1.19 bits per heavy atom. The summed E-state index contributed by atoms with van der Waals surface area (Å²) in [6, 6.07) is 6.12. The molecule has 0 radical (unpaired) electrons. The maximum absolute atomic E-state index is 12.6. The van der Waals surface area contributed by atoms with Gasteiger partial charge in [0, 0.05) is 12.0 Å². The Hall–Kier alpha value is -1.75. The largest absolute Gasteiger partial charge is 0.493 e. The van der Waals surface area contributed by atoms with Crippen LogP contribution in [0.4, 0.5) is 0 Å². The van der Waals surface area contributed by atoms with Gasteiger partial charge in [-0.2, -0.15) is 0 Å². The zero-order valence-electron chi connectivity index (χ0n) is 16.7. The Morgan fingerprint density at radius 2 is 1.85 bits per heavy atom. The minimum atomic E-state index is -0.817. The Bertz CT molecular complexity index is 607. The van der Waals surface area contributed by atoms with E-state index in [2.05, 4.69) is 17.4 Å². The zero-order valence-corrected chi connectivity index (χ0v) is 16.7. The standard InChI is InChI=1S/C21H34N2O3/c1-5-11-20(2,22)19(24)23-15-21(12-7-6-8-13-21)16-9-10-17(25-3)18(14-16)26-4/h9-10,14H,5-8,11-13,15,22H2,1-4H3,(H,23,24). The van der Waals surface area contributed by atoms with Crippen LogP contribution in [0.15, 0.2) is 18.2 Å². The van der Waals surface area contributed by atoms with Gasteiger partial charge in [-0.1, -0.05) is 38.7 Å². The zero-order chi connectivity index (χ0) is 19.2. The summed E-state index contributed by atoms with van der Waals surface area (Å²) in [5.41, 5.74) is 6.51. The van der Waals surface area contributed by atoms with Gasteiger partial charge < -0.3 is 20.5 Å². The third-order valence-corrected chi connectivity index (χ3v) is 5.68. The number of carbonyl (C=O) groups is 1. The van der Waals surface area contributed by atoms with E-state index in [1.807, 2.05) is 19.9 Å². The lowest BCUT2D eigenvalue weighted by atomic mass is 9.69. The highest BCUT2D eigenvalue weighted by Crippen LogP contribution is 2.42. The Balaban J connectivity index is 2.24. The van der Waals surface area contributed by atoms with Gasteiger partial charge in [-0.25, -0.2) is 0 Å². The molecule has 26 heavy (non-hydrogen) atoms. The molecule has 1 aromatic carbocycles. The van der Waals surface area contributed by atoms with Crippen LogP contribution < -0.4 is 20.5 Å². The average Bonchev–Trinajstić information content (AvgIpc) is 2.66. The van der Waals surface area contributed by atoms with Crippen molar-refractivity contribution in [1.82, 2.24) is 5.32 Å². The van der Waals surface area contributed by atoms with Gasteiger partial charge in [-0.05, 0) is 43.9 Å². The first kappa shape index (κ1) is 20.6. The summed E-state index contributed by atoms with van der Waals surface area (Å²) in [7, 11) is 3.30. The molecule has 0 saturated heterocycles. The van der Waals surface area contributed by atoms with Crippen LogP contribution in [0.5, 0.6) is 11.5 Å². The van der Waals surface area contributed by atoms with Crippen molar-refractivity contribution in [2.75, 3.05) is 20.8 Å². The van der Waals surface area contributed by atoms with E-state index in [4.69, 9.17) is 15.2 Å². The third-order valence-electron chi connectivity index (χ3n) is 5.68. The van der Waals surface area contributed by atoms with E-state index in [0.29, 0.717) is 13.0 Å². The first-order chi connectivity index (χ1) is 12.4. The quantitative estimate of drug-likeness (QED) is 0.742. The molecule has 1 atom stereocenters. The Morgan fingerprint density at radius 3 is 2.42 bits per heavy atom. The van der Waals surface area contributed by atoms with Crippen LogP contribution in [0.25, 0.3) is 0 Å². The fourth-order valence-electron chi connectivity index (χ4n) is 4.05. The van der Waals surface area contributed by atoms with Crippen LogP contribution in [0.1, 0.15) is 64.4 Å². The van der Waals surface area contributed by atoms with Gasteiger partial charge >= 0.3 is 0 Å². The van der Waals surface area contributed by atoms with Gasteiger partial charge in [0.15, 0.2) is 11.5 Å². The summed E-state index contributed by atoms with van der Waals surface area (Å²) >= 11 is 0. The molecule has 0 spiro atoms. The van der Waals surface area contributed by atoms with Crippen LogP contribution in [0.3, 0.4) is 0 Å². The number of hydrogen-bond donors (Lipinski definition) is 2. The molecule has 0 aromatic heterocycles. The first-order valence-electron chi connectivity index (χ1n) is 9.68. The number of hydrogen-bond acceptors (Lipinski definition) is 4. The summed E-state index contributed by atoms with van der Waals surface area (Å²) in [5, 5.41) is 3.15. The number of ether oxygens (including phenoxy) is 2. The summed E-state index contributed by atoms with van der Waals surface area (Å²) in [4.78, 5) is 12.6. The molecular weight excluding hydrogens is 328 g/mol. The predicted octanol–water partition coefficient (Wildman–Crippen LogP) is 3.54. The molecule has 1 aliphatic carbocycles. The van der Waals surface area contributed by atoms with Crippen LogP contribution in [-0.4, -0.2) is 32.2 Å². The number of benzene rings is 1. The lowest BCUT2D eigenvalue weighted by molar-refractivity contribution is -0.126. The summed E-state index contributed by atoms with van der Waals surface area (Å²) in [6.07, 6.45) is 7.25. The van der Waals surface area contributed by atoms with Gasteiger partial charge in [0.05, 0.1) is 19.8 Å². The number of nitrogens with one attached hydrogen (secondary N) is 1. The van der Waals surface area contributed by atoms with E-state index in [9.17, 15) is 4.79 Å². The van der Waals surface area contributed by atoms with Gasteiger partial charge in [0.1, 0.15) is 0 Å². The number of rotatable bonds is 8. The van der Waals surface area contributed by atoms with Crippen LogP contribution in [-0.2, 0) is 10.2 Å². The number of carbonyl (C=O) groups excluding carboxylic acids is 1. The molecule has 1 fully saturated rings. The average molecular weight is 363 g/mol. The maximum atomic E-state index is 12.6. The van der Waals surface area contributed by atoms with Crippen molar-refractivity contribution >= 4 is 5.91 Å².